The molecule has 2 aromatic carbocycles. The number of rotatable bonds is 11. The molecule has 0 heterocycles. The summed E-state index contributed by atoms with van der Waals surface area (Å²) in [7, 11) is 0. The molecule has 0 aliphatic carbocycles. The van der Waals surface area contributed by atoms with Crippen molar-refractivity contribution < 1.29 is 4.74 Å². The maximum Gasteiger partial charge on any atom is 0.119 e. The maximum absolute atomic E-state index is 6.00. The van der Waals surface area contributed by atoms with Crippen LogP contribution in [0.25, 0.3) is 11.1 Å². The Balaban J connectivity index is 1.94. The van der Waals surface area contributed by atoms with E-state index in [4.69, 9.17) is 9.73 Å². The number of ether oxygens (including phenoxy) is 1. The van der Waals surface area contributed by atoms with Gasteiger partial charge in [-0.15, -0.1) is 0 Å². The van der Waals surface area contributed by atoms with Crippen LogP contribution in [0.15, 0.2) is 47.5 Å². The summed E-state index contributed by atoms with van der Waals surface area (Å²) in [6.07, 6.45) is 7.08. The van der Waals surface area contributed by atoms with E-state index in [2.05, 4.69) is 84.0 Å². The minimum absolute atomic E-state index is 0.438. The molecule has 2 heteroatoms. The van der Waals surface area contributed by atoms with Crippen LogP contribution < -0.4 is 4.74 Å². The van der Waals surface area contributed by atoms with Crippen LogP contribution in [0.2, 0.25) is 0 Å². The SMILES string of the molecule is Cc1ccc(N=CC(C)C)c(-c2ccc(OCCC(C)CCCC(C)C)cc2)c1. The molecule has 2 nitrogen and oxygen atoms in total. The van der Waals surface area contributed by atoms with Crippen molar-refractivity contribution >= 4 is 11.9 Å². The standard InChI is InChI=1S/C27H39NO/c1-20(2)8-7-9-22(5)16-17-29-25-13-11-24(12-14-25)26-18-23(6)10-15-27(26)28-19-21(3)4/h10-15,18-22H,7-9,16-17H2,1-6H3. The molecule has 0 spiro atoms. The maximum atomic E-state index is 6.00. The summed E-state index contributed by atoms with van der Waals surface area (Å²) in [6.45, 7) is 14.1. The molecular formula is C27H39NO. The zero-order chi connectivity index (χ0) is 21.2. The molecule has 2 rings (SSSR count). The van der Waals surface area contributed by atoms with Gasteiger partial charge in [-0.05, 0) is 60.9 Å². The number of hydrogen-bond acceptors (Lipinski definition) is 2. The quantitative estimate of drug-likeness (QED) is 0.352. The van der Waals surface area contributed by atoms with Crippen LogP contribution in [0.4, 0.5) is 5.69 Å². The van der Waals surface area contributed by atoms with E-state index in [0.29, 0.717) is 5.92 Å². The Morgan fingerprint density at radius 2 is 1.62 bits per heavy atom. The van der Waals surface area contributed by atoms with Crippen LogP contribution in [-0.2, 0) is 0 Å². The van der Waals surface area contributed by atoms with Crippen LogP contribution in [0.5, 0.6) is 5.75 Å². The molecule has 0 aliphatic rings. The largest absolute Gasteiger partial charge is 0.494 e. The van der Waals surface area contributed by atoms with Crippen LogP contribution in [0.3, 0.4) is 0 Å². The van der Waals surface area contributed by atoms with E-state index in [9.17, 15) is 0 Å². The molecule has 0 saturated heterocycles. The monoisotopic (exact) mass is 393 g/mol. The van der Waals surface area contributed by atoms with E-state index in [1.54, 1.807) is 0 Å². The summed E-state index contributed by atoms with van der Waals surface area (Å²) in [5.41, 5.74) is 4.62. The molecule has 0 bridgehead atoms. The predicted octanol–water partition coefficient (Wildman–Crippen LogP) is 8.25. The smallest absolute Gasteiger partial charge is 0.119 e. The van der Waals surface area contributed by atoms with Crippen molar-refractivity contribution in [3.8, 4) is 16.9 Å². The van der Waals surface area contributed by atoms with E-state index >= 15 is 0 Å². The first-order chi connectivity index (χ1) is 13.8. The highest BCUT2D eigenvalue weighted by Crippen LogP contribution is 2.32. The fourth-order valence-corrected chi connectivity index (χ4v) is 3.35. The minimum atomic E-state index is 0.438. The van der Waals surface area contributed by atoms with E-state index in [1.807, 2.05) is 6.21 Å². The second-order valence-electron chi connectivity index (χ2n) is 9.13. The van der Waals surface area contributed by atoms with Gasteiger partial charge in [0.25, 0.3) is 0 Å². The molecule has 0 N–H and O–H groups in total. The lowest BCUT2D eigenvalue weighted by atomic mass is 9.98. The van der Waals surface area contributed by atoms with Crippen molar-refractivity contribution in [2.24, 2.45) is 22.7 Å². The van der Waals surface area contributed by atoms with Crippen LogP contribution in [-0.4, -0.2) is 12.8 Å². The zero-order valence-electron chi connectivity index (χ0n) is 19.2. The van der Waals surface area contributed by atoms with E-state index < -0.39 is 0 Å². The minimum Gasteiger partial charge on any atom is -0.494 e. The second kappa shape index (κ2) is 11.8. The van der Waals surface area contributed by atoms with Crippen LogP contribution >= 0.6 is 0 Å². The van der Waals surface area contributed by atoms with Crippen molar-refractivity contribution in [1.29, 1.82) is 0 Å². The van der Waals surface area contributed by atoms with Gasteiger partial charge < -0.3 is 4.74 Å². The number of aryl methyl sites for hydroxylation is 1. The van der Waals surface area contributed by atoms with Gasteiger partial charge >= 0.3 is 0 Å². The number of nitrogens with zero attached hydrogens (tertiary/aromatic N) is 1. The lowest BCUT2D eigenvalue weighted by Crippen LogP contribution is -2.04. The Hall–Kier alpha value is -2.09. The summed E-state index contributed by atoms with van der Waals surface area (Å²) in [5, 5.41) is 0. The van der Waals surface area contributed by atoms with Gasteiger partial charge in [-0.1, -0.05) is 77.6 Å². The highest BCUT2D eigenvalue weighted by molar-refractivity contribution is 5.80. The molecule has 0 saturated carbocycles. The van der Waals surface area contributed by atoms with Gasteiger partial charge in [0.15, 0.2) is 0 Å². The highest BCUT2D eigenvalue weighted by Gasteiger charge is 2.07. The lowest BCUT2D eigenvalue weighted by Gasteiger charge is -2.13. The molecule has 158 valence electrons. The number of aliphatic imine (C=N–C) groups is 1. The topological polar surface area (TPSA) is 21.6 Å². The fraction of sp³-hybridized carbons (Fsp3) is 0.519. The average Bonchev–Trinajstić information content (AvgIpc) is 2.67. The Kier molecular flexibility index (Phi) is 9.44. The average molecular weight is 394 g/mol. The van der Waals surface area contributed by atoms with Crippen LogP contribution in [0, 0.1) is 24.7 Å². The first kappa shape index (κ1) is 23.2. The lowest BCUT2D eigenvalue weighted by molar-refractivity contribution is 0.276. The van der Waals surface area contributed by atoms with Gasteiger partial charge in [0.05, 0.1) is 12.3 Å². The Labute approximate surface area is 178 Å². The normalized spacial score (nSPS) is 12.8. The van der Waals surface area contributed by atoms with Crippen molar-refractivity contribution in [2.75, 3.05) is 6.61 Å². The van der Waals surface area contributed by atoms with Crippen molar-refractivity contribution in [1.82, 2.24) is 0 Å². The van der Waals surface area contributed by atoms with Crippen molar-refractivity contribution in [3.63, 3.8) is 0 Å². The van der Waals surface area contributed by atoms with E-state index in [-0.39, 0.29) is 0 Å². The Morgan fingerprint density at radius 1 is 0.897 bits per heavy atom. The van der Waals surface area contributed by atoms with Gasteiger partial charge in [0.2, 0.25) is 0 Å². The summed E-state index contributed by atoms with van der Waals surface area (Å²) in [5.74, 6) is 2.92. The molecule has 29 heavy (non-hydrogen) atoms. The Bertz CT molecular complexity index is 759. The summed E-state index contributed by atoms with van der Waals surface area (Å²) < 4.78 is 6.00. The first-order valence-electron chi connectivity index (χ1n) is 11.2. The van der Waals surface area contributed by atoms with Gasteiger partial charge in [0, 0.05) is 11.8 Å². The van der Waals surface area contributed by atoms with Crippen molar-refractivity contribution in [2.45, 2.75) is 67.2 Å². The molecule has 1 unspecified atom stereocenters. The third-order valence-corrected chi connectivity index (χ3v) is 5.19. The van der Waals surface area contributed by atoms with E-state index in [1.165, 1.54) is 36.0 Å². The summed E-state index contributed by atoms with van der Waals surface area (Å²) in [6, 6.07) is 14.9. The summed E-state index contributed by atoms with van der Waals surface area (Å²) >= 11 is 0. The molecule has 2 aromatic rings. The molecule has 0 radical (unpaired) electrons. The third kappa shape index (κ3) is 8.43. The molecule has 0 fully saturated rings. The Morgan fingerprint density at radius 3 is 2.28 bits per heavy atom. The third-order valence-electron chi connectivity index (χ3n) is 5.19. The molecule has 0 aliphatic heterocycles. The molecule has 0 amide bonds. The molecule has 1 atom stereocenters. The summed E-state index contributed by atoms with van der Waals surface area (Å²) in [4.78, 5) is 4.69. The van der Waals surface area contributed by atoms with E-state index in [0.717, 1.165) is 36.3 Å². The highest BCUT2D eigenvalue weighted by atomic mass is 16.5. The number of benzene rings is 2. The second-order valence-corrected chi connectivity index (χ2v) is 9.13. The van der Waals surface area contributed by atoms with Gasteiger partial charge in [-0.3, -0.25) is 4.99 Å². The van der Waals surface area contributed by atoms with Crippen molar-refractivity contribution in [3.05, 3.63) is 48.0 Å². The van der Waals surface area contributed by atoms with Crippen LogP contribution in [0.1, 0.15) is 65.9 Å². The molecular weight excluding hydrogens is 354 g/mol. The first-order valence-corrected chi connectivity index (χ1v) is 11.2. The van der Waals surface area contributed by atoms with Gasteiger partial charge in [0.1, 0.15) is 5.75 Å². The van der Waals surface area contributed by atoms with Gasteiger partial charge in [-0.2, -0.15) is 0 Å². The predicted molar refractivity (Wildman–Crippen MR) is 128 cm³/mol. The zero-order valence-corrected chi connectivity index (χ0v) is 19.2. The van der Waals surface area contributed by atoms with Gasteiger partial charge in [-0.25, -0.2) is 0 Å². The fourth-order valence-electron chi connectivity index (χ4n) is 3.35. The molecule has 0 aromatic heterocycles. The number of hydrogen-bond donors (Lipinski definition) is 0.